The largest absolute Gasteiger partial charge is 0.499 e. The standard InChI is InChI=1S/C12H15FO/c13-9-11-14-10-5-4-8-12-6-2-1-3-7-12/h1-3,6-7,9,11H,4-5,8,10H2/b11-9-. The Balaban J connectivity index is 2.05. The van der Waals surface area contributed by atoms with Crippen molar-refractivity contribution in [3.8, 4) is 0 Å². The summed E-state index contributed by atoms with van der Waals surface area (Å²) in [6, 6.07) is 10.3. The molecule has 76 valence electrons. The van der Waals surface area contributed by atoms with Gasteiger partial charge < -0.3 is 4.74 Å². The van der Waals surface area contributed by atoms with Crippen LogP contribution in [0.4, 0.5) is 4.39 Å². The lowest BCUT2D eigenvalue weighted by molar-refractivity contribution is 0.237. The number of ether oxygens (including phenoxy) is 1. The lowest BCUT2D eigenvalue weighted by Crippen LogP contribution is -1.90. The van der Waals surface area contributed by atoms with Gasteiger partial charge in [-0.25, -0.2) is 4.39 Å². The minimum Gasteiger partial charge on any atom is -0.499 e. The molecule has 0 bridgehead atoms. The van der Waals surface area contributed by atoms with E-state index >= 15 is 0 Å². The first kappa shape index (κ1) is 10.8. The van der Waals surface area contributed by atoms with Crippen LogP contribution in [0.3, 0.4) is 0 Å². The second-order valence-electron chi connectivity index (χ2n) is 3.08. The Morgan fingerprint density at radius 2 is 1.93 bits per heavy atom. The molecule has 1 nitrogen and oxygen atoms in total. The van der Waals surface area contributed by atoms with Crippen molar-refractivity contribution in [2.24, 2.45) is 0 Å². The molecule has 14 heavy (non-hydrogen) atoms. The fraction of sp³-hybridized carbons (Fsp3) is 0.333. The van der Waals surface area contributed by atoms with Crippen LogP contribution in [0.15, 0.2) is 42.9 Å². The lowest BCUT2D eigenvalue weighted by Gasteiger charge is -2.01. The van der Waals surface area contributed by atoms with E-state index in [1.54, 1.807) is 0 Å². The normalized spacial score (nSPS) is 10.6. The van der Waals surface area contributed by atoms with Gasteiger partial charge in [0.25, 0.3) is 0 Å². The zero-order valence-electron chi connectivity index (χ0n) is 8.16. The lowest BCUT2D eigenvalue weighted by atomic mass is 10.1. The van der Waals surface area contributed by atoms with Crippen molar-refractivity contribution < 1.29 is 9.13 Å². The molecule has 0 N–H and O–H groups in total. The Morgan fingerprint density at radius 3 is 2.64 bits per heavy atom. The maximum absolute atomic E-state index is 11.5. The third kappa shape index (κ3) is 4.65. The maximum atomic E-state index is 11.5. The summed E-state index contributed by atoms with van der Waals surface area (Å²) < 4.78 is 16.3. The highest BCUT2D eigenvalue weighted by Gasteiger charge is 1.91. The van der Waals surface area contributed by atoms with Crippen molar-refractivity contribution in [2.75, 3.05) is 6.61 Å². The Bertz CT molecular complexity index is 256. The molecule has 0 spiro atoms. The molecule has 0 aliphatic carbocycles. The fourth-order valence-corrected chi connectivity index (χ4v) is 1.26. The average molecular weight is 194 g/mol. The fourth-order valence-electron chi connectivity index (χ4n) is 1.26. The number of unbranched alkanes of at least 4 members (excludes halogenated alkanes) is 1. The van der Waals surface area contributed by atoms with Gasteiger partial charge in [-0.2, -0.15) is 0 Å². The van der Waals surface area contributed by atoms with Gasteiger partial charge in [-0.3, -0.25) is 0 Å². The van der Waals surface area contributed by atoms with Gasteiger partial charge in [0.2, 0.25) is 0 Å². The van der Waals surface area contributed by atoms with Crippen LogP contribution in [-0.2, 0) is 11.2 Å². The average Bonchev–Trinajstić information content (AvgIpc) is 2.25. The SMILES string of the molecule is F/C=C\OCCCCc1ccccc1. The van der Waals surface area contributed by atoms with E-state index in [1.807, 2.05) is 18.2 Å². The quantitative estimate of drug-likeness (QED) is 0.497. The van der Waals surface area contributed by atoms with E-state index in [9.17, 15) is 4.39 Å². The predicted molar refractivity (Wildman–Crippen MR) is 55.6 cm³/mol. The van der Waals surface area contributed by atoms with Crippen molar-refractivity contribution in [3.05, 3.63) is 48.5 Å². The van der Waals surface area contributed by atoms with E-state index in [-0.39, 0.29) is 0 Å². The second-order valence-corrected chi connectivity index (χ2v) is 3.08. The molecular weight excluding hydrogens is 179 g/mol. The van der Waals surface area contributed by atoms with Crippen LogP contribution in [0.1, 0.15) is 18.4 Å². The van der Waals surface area contributed by atoms with Crippen molar-refractivity contribution in [2.45, 2.75) is 19.3 Å². The molecule has 0 radical (unpaired) electrons. The zero-order chi connectivity index (χ0) is 10.1. The Morgan fingerprint density at radius 1 is 1.14 bits per heavy atom. The van der Waals surface area contributed by atoms with Gasteiger partial charge in [0, 0.05) is 0 Å². The van der Waals surface area contributed by atoms with Gasteiger partial charge in [0.05, 0.1) is 6.61 Å². The topological polar surface area (TPSA) is 9.23 Å². The van der Waals surface area contributed by atoms with Gasteiger partial charge in [0.15, 0.2) is 0 Å². The number of hydrogen-bond acceptors (Lipinski definition) is 1. The highest BCUT2D eigenvalue weighted by molar-refractivity contribution is 5.14. The summed E-state index contributed by atoms with van der Waals surface area (Å²) in [7, 11) is 0. The maximum Gasteiger partial charge on any atom is 0.121 e. The van der Waals surface area contributed by atoms with Crippen LogP contribution in [0, 0.1) is 0 Å². The predicted octanol–water partition coefficient (Wildman–Crippen LogP) is 3.47. The molecular formula is C12H15FO. The zero-order valence-corrected chi connectivity index (χ0v) is 8.16. The number of rotatable bonds is 6. The number of halogens is 1. The van der Waals surface area contributed by atoms with E-state index in [2.05, 4.69) is 12.1 Å². The summed E-state index contributed by atoms with van der Waals surface area (Å²) in [6.45, 7) is 0.591. The Kier molecular flexibility index (Phi) is 5.48. The van der Waals surface area contributed by atoms with Crippen LogP contribution in [0.2, 0.25) is 0 Å². The van der Waals surface area contributed by atoms with Gasteiger partial charge in [-0.15, -0.1) is 0 Å². The molecule has 1 aromatic carbocycles. The summed E-state index contributed by atoms with van der Waals surface area (Å²) in [5.41, 5.74) is 1.34. The number of benzene rings is 1. The molecule has 0 heterocycles. The highest BCUT2D eigenvalue weighted by Crippen LogP contribution is 2.04. The molecule has 0 fully saturated rings. The molecule has 0 saturated heterocycles. The van der Waals surface area contributed by atoms with Crippen molar-refractivity contribution in [1.82, 2.24) is 0 Å². The second kappa shape index (κ2) is 7.13. The summed E-state index contributed by atoms with van der Waals surface area (Å²) in [6.07, 6.45) is 4.59. The Labute approximate surface area is 84.2 Å². The summed E-state index contributed by atoms with van der Waals surface area (Å²) in [4.78, 5) is 0. The minimum absolute atomic E-state index is 0.414. The highest BCUT2D eigenvalue weighted by atomic mass is 19.1. The van der Waals surface area contributed by atoms with Gasteiger partial charge >= 0.3 is 0 Å². The molecule has 0 aromatic heterocycles. The first-order chi connectivity index (χ1) is 6.93. The molecule has 0 unspecified atom stereocenters. The smallest absolute Gasteiger partial charge is 0.121 e. The van der Waals surface area contributed by atoms with E-state index < -0.39 is 0 Å². The number of hydrogen-bond donors (Lipinski definition) is 0. The van der Waals surface area contributed by atoms with Gasteiger partial charge in [-0.1, -0.05) is 30.3 Å². The van der Waals surface area contributed by atoms with Crippen LogP contribution in [0.25, 0.3) is 0 Å². The molecule has 0 atom stereocenters. The number of aryl methyl sites for hydroxylation is 1. The van der Waals surface area contributed by atoms with Crippen LogP contribution in [-0.4, -0.2) is 6.61 Å². The Hall–Kier alpha value is -1.31. The molecule has 2 heteroatoms. The first-order valence-electron chi connectivity index (χ1n) is 4.84. The van der Waals surface area contributed by atoms with E-state index in [4.69, 9.17) is 4.74 Å². The summed E-state index contributed by atoms with van der Waals surface area (Å²) in [5, 5.41) is 0. The molecule has 0 aliphatic rings. The molecule has 1 rings (SSSR count). The monoisotopic (exact) mass is 194 g/mol. The van der Waals surface area contributed by atoms with E-state index in [0.29, 0.717) is 12.9 Å². The van der Waals surface area contributed by atoms with Crippen molar-refractivity contribution >= 4 is 0 Å². The van der Waals surface area contributed by atoms with Crippen molar-refractivity contribution in [3.63, 3.8) is 0 Å². The molecule has 0 amide bonds. The van der Waals surface area contributed by atoms with Gasteiger partial charge in [0.1, 0.15) is 12.6 Å². The van der Waals surface area contributed by atoms with Gasteiger partial charge in [-0.05, 0) is 24.8 Å². The minimum atomic E-state index is 0.414. The third-order valence-electron chi connectivity index (χ3n) is 1.97. The molecule has 0 aliphatic heterocycles. The van der Waals surface area contributed by atoms with Crippen molar-refractivity contribution in [1.29, 1.82) is 0 Å². The first-order valence-corrected chi connectivity index (χ1v) is 4.84. The molecule has 1 aromatic rings. The van der Waals surface area contributed by atoms with Crippen LogP contribution >= 0.6 is 0 Å². The van der Waals surface area contributed by atoms with Crippen LogP contribution < -0.4 is 0 Å². The molecule has 0 saturated carbocycles. The summed E-state index contributed by atoms with van der Waals surface area (Å²) >= 11 is 0. The van der Waals surface area contributed by atoms with E-state index in [0.717, 1.165) is 25.5 Å². The third-order valence-corrected chi connectivity index (χ3v) is 1.97. The summed E-state index contributed by atoms with van der Waals surface area (Å²) in [5.74, 6) is 0. The van der Waals surface area contributed by atoms with Crippen LogP contribution in [0.5, 0.6) is 0 Å². The van der Waals surface area contributed by atoms with E-state index in [1.165, 1.54) is 5.56 Å².